The van der Waals surface area contributed by atoms with E-state index in [-0.39, 0.29) is 0 Å². The average molecular weight is 176 g/mol. The van der Waals surface area contributed by atoms with Crippen molar-refractivity contribution < 1.29 is 30.0 Å². The molecule has 0 unspecified atom stereocenters. The topological polar surface area (TPSA) is 121 Å². The summed E-state index contributed by atoms with van der Waals surface area (Å²) in [4.78, 5) is 20.3. The molecule has 0 aromatic heterocycles. The lowest BCUT2D eigenvalue weighted by Crippen LogP contribution is -2.67. The molecular weight excluding hydrogens is 168 g/mol. The van der Waals surface area contributed by atoms with Gasteiger partial charge in [0.25, 0.3) is 0 Å². The van der Waals surface area contributed by atoms with Gasteiger partial charge in [-0.15, -0.1) is 0 Å². The molecule has 0 saturated heterocycles. The smallest absolute Gasteiger partial charge is 0.135 e. The summed E-state index contributed by atoms with van der Waals surface area (Å²) in [5.41, 5.74) is -5.77. The van der Waals surface area contributed by atoms with Crippen LogP contribution in [0.3, 0.4) is 0 Å². The van der Waals surface area contributed by atoms with Crippen LogP contribution in [0.2, 0.25) is 0 Å². The maximum atomic E-state index is 10.2. The first kappa shape index (κ1) is 10.9. The van der Waals surface area contributed by atoms with E-state index in [2.05, 4.69) is 0 Å². The molecule has 0 aliphatic heterocycles. The Kier molecular flexibility index (Phi) is 2.46. The second-order valence-corrected chi connectivity index (χ2v) is 2.72. The molecule has 0 heterocycles. The quantitative estimate of drug-likeness (QED) is 0.452. The standard InChI is InChI=1S/C6H10O6/c1-5(11,3(7)8)6(2,12)4(9)10/h11-12H,1-2H3,(H,7,8)(H,9,10)/p-2/t5-,6-/m0/s1. The van der Waals surface area contributed by atoms with E-state index < -0.39 is 23.1 Å². The number of carboxylic acid groups (broad SMARTS) is 2. The molecule has 0 aliphatic rings. The monoisotopic (exact) mass is 176 g/mol. The van der Waals surface area contributed by atoms with Crippen LogP contribution in [0.15, 0.2) is 0 Å². The third kappa shape index (κ3) is 1.39. The van der Waals surface area contributed by atoms with Crippen molar-refractivity contribution in [1.82, 2.24) is 0 Å². The molecular formula is C6H8O6-2. The molecule has 2 N–H and O–H groups in total. The Bertz CT molecular complexity index is 192. The third-order valence-corrected chi connectivity index (χ3v) is 1.74. The first-order valence-corrected chi connectivity index (χ1v) is 3.01. The maximum Gasteiger partial charge on any atom is 0.135 e. The molecule has 0 aliphatic carbocycles. The van der Waals surface area contributed by atoms with Crippen molar-refractivity contribution in [3.05, 3.63) is 0 Å². The Morgan fingerprint density at radius 2 is 1.17 bits per heavy atom. The Hall–Kier alpha value is -1.14. The fourth-order valence-electron chi connectivity index (χ4n) is 0.397. The zero-order valence-corrected chi connectivity index (χ0v) is 6.53. The molecule has 6 nitrogen and oxygen atoms in total. The van der Waals surface area contributed by atoms with Gasteiger partial charge in [0.05, 0.1) is 11.9 Å². The highest BCUT2D eigenvalue weighted by atomic mass is 16.4. The van der Waals surface area contributed by atoms with Gasteiger partial charge in [-0.1, -0.05) is 0 Å². The Morgan fingerprint density at radius 3 is 1.25 bits per heavy atom. The maximum absolute atomic E-state index is 10.2. The Labute approximate surface area is 68.1 Å². The molecule has 12 heavy (non-hydrogen) atoms. The van der Waals surface area contributed by atoms with Gasteiger partial charge in [-0.2, -0.15) is 0 Å². The summed E-state index contributed by atoms with van der Waals surface area (Å²) in [7, 11) is 0. The molecule has 0 aromatic carbocycles. The summed E-state index contributed by atoms with van der Waals surface area (Å²) >= 11 is 0. The fourth-order valence-corrected chi connectivity index (χ4v) is 0.397. The number of carboxylic acids is 2. The zero-order valence-electron chi connectivity index (χ0n) is 6.53. The number of aliphatic carboxylic acids is 2. The minimum atomic E-state index is -2.88. The van der Waals surface area contributed by atoms with E-state index in [1.54, 1.807) is 0 Å². The van der Waals surface area contributed by atoms with E-state index in [0.717, 1.165) is 0 Å². The van der Waals surface area contributed by atoms with E-state index in [9.17, 15) is 19.8 Å². The molecule has 0 spiro atoms. The van der Waals surface area contributed by atoms with E-state index >= 15 is 0 Å². The second kappa shape index (κ2) is 2.72. The molecule has 0 radical (unpaired) electrons. The zero-order chi connectivity index (χ0) is 10.2. The molecule has 0 rings (SSSR count). The van der Waals surface area contributed by atoms with Crippen LogP contribution in [-0.2, 0) is 9.59 Å². The van der Waals surface area contributed by atoms with Crippen LogP contribution in [0.5, 0.6) is 0 Å². The summed E-state index contributed by atoms with van der Waals surface area (Å²) in [5, 5.41) is 38.2. The van der Waals surface area contributed by atoms with Crippen LogP contribution in [0.1, 0.15) is 13.8 Å². The molecule has 70 valence electrons. The van der Waals surface area contributed by atoms with Crippen LogP contribution in [-0.4, -0.2) is 33.4 Å². The lowest BCUT2D eigenvalue weighted by Gasteiger charge is -2.39. The number of aliphatic hydroxyl groups is 2. The van der Waals surface area contributed by atoms with Gasteiger partial charge in [-0.05, 0) is 13.8 Å². The molecule has 0 saturated carbocycles. The van der Waals surface area contributed by atoms with Crippen molar-refractivity contribution in [2.24, 2.45) is 0 Å². The van der Waals surface area contributed by atoms with Crippen LogP contribution < -0.4 is 10.2 Å². The molecule has 0 aromatic rings. The summed E-state index contributed by atoms with van der Waals surface area (Å²) in [5.74, 6) is -4.17. The van der Waals surface area contributed by atoms with Crippen LogP contribution in [0.25, 0.3) is 0 Å². The van der Waals surface area contributed by atoms with Crippen LogP contribution in [0, 0.1) is 0 Å². The minimum Gasteiger partial charge on any atom is -0.547 e. The van der Waals surface area contributed by atoms with Crippen molar-refractivity contribution >= 4 is 11.9 Å². The predicted molar refractivity (Wildman–Crippen MR) is 31.3 cm³/mol. The first-order chi connectivity index (χ1) is 5.14. The molecule has 0 bridgehead atoms. The molecule has 0 amide bonds. The number of carbonyl (C=O) groups excluding carboxylic acids is 2. The van der Waals surface area contributed by atoms with Gasteiger partial charge >= 0.3 is 0 Å². The van der Waals surface area contributed by atoms with E-state index in [4.69, 9.17) is 10.2 Å². The molecule has 2 atom stereocenters. The lowest BCUT2D eigenvalue weighted by molar-refractivity contribution is -0.354. The van der Waals surface area contributed by atoms with Gasteiger partial charge in [0, 0.05) is 0 Å². The number of hydrogen-bond donors (Lipinski definition) is 2. The molecule has 0 fully saturated rings. The normalized spacial score (nSPS) is 20.7. The van der Waals surface area contributed by atoms with Gasteiger partial charge in [0.1, 0.15) is 11.2 Å². The van der Waals surface area contributed by atoms with E-state index in [1.165, 1.54) is 0 Å². The average Bonchev–Trinajstić information content (AvgIpc) is 1.86. The largest absolute Gasteiger partial charge is 0.547 e. The van der Waals surface area contributed by atoms with E-state index in [0.29, 0.717) is 13.8 Å². The highest BCUT2D eigenvalue weighted by Gasteiger charge is 2.44. The van der Waals surface area contributed by atoms with Gasteiger partial charge in [-0.25, -0.2) is 0 Å². The third-order valence-electron chi connectivity index (χ3n) is 1.74. The number of hydrogen-bond acceptors (Lipinski definition) is 6. The highest BCUT2D eigenvalue weighted by molar-refractivity contribution is 5.87. The van der Waals surface area contributed by atoms with Crippen LogP contribution >= 0.6 is 0 Å². The van der Waals surface area contributed by atoms with Crippen molar-refractivity contribution in [2.75, 3.05) is 0 Å². The fraction of sp³-hybridized carbons (Fsp3) is 0.667. The van der Waals surface area contributed by atoms with Crippen LogP contribution in [0.4, 0.5) is 0 Å². The Morgan fingerprint density at radius 1 is 1.00 bits per heavy atom. The summed E-state index contributed by atoms with van der Waals surface area (Å²) < 4.78 is 0. The van der Waals surface area contributed by atoms with E-state index in [1.807, 2.05) is 0 Å². The summed E-state index contributed by atoms with van der Waals surface area (Å²) in [6.45, 7) is 1.22. The predicted octanol–water partition coefficient (Wildman–Crippen LogP) is -4.01. The Balaban J connectivity index is 5.01. The van der Waals surface area contributed by atoms with Crippen molar-refractivity contribution in [2.45, 2.75) is 25.0 Å². The first-order valence-electron chi connectivity index (χ1n) is 3.01. The van der Waals surface area contributed by atoms with Crippen molar-refractivity contribution in [1.29, 1.82) is 0 Å². The van der Waals surface area contributed by atoms with Crippen molar-refractivity contribution in [3.8, 4) is 0 Å². The molecule has 6 heteroatoms. The van der Waals surface area contributed by atoms with Gasteiger partial charge < -0.3 is 30.0 Å². The van der Waals surface area contributed by atoms with Gasteiger partial charge in [0.2, 0.25) is 0 Å². The van der Waals surface area contributed by atoms with Crippen molar-refractivity contribution in [3.63, 3.8) is 0 Å². The summed E-state index contributed by atoms with van der Waals surface area (Å²) in [6, 6.07) is 0. The second-order valence-electron chi connectivity index (χ2n) is 2.72. The highest BCUT2D eigenvalue weighted by Crippen LogP contribution is 2.20. The lowest BCUT2D eigenvalue weighted by atomic mass is 9.86. The van der Waals surface area contributed by atoms with Gasteiger partial charge in [-0.3, -0.25) is 0 Å². The van der Waals surface area contributed by atoms with Gasteiger partial charge in [0.15, 0.2) is 0 Å². The number of rotatable bonds is 3. The summed E-state index contributed by atoms with van der Waals surface area (Å²) in [6.07, 6.45) is 0. The minimum absolute atomic E-state index is 0.609. The SMILES string of the molecule is C[C@](O)(C(=O)[O-])[C@@](C)(O)C(=O)[O-]. The number of carbonyl (C=O) groups is 2.